The molecule has 3 fully saturated rings. The fraction of sp³-hybridized carbons (Fsp3) is 0.833. The number of ketones is 1. The quantitative estimate of drug-likeness (QED) is 0.458. The molecule has 3 saturated carbocycles. The van der Waals surface area contributed by atoms with Gasteiger partial charge >= 0.3 is 6.16 Å². The minimum Gasteiger partial charge on any atom is -0.434 e. The SMILES string of the molecule is CCCCOC(=O)O[C@H]1CCC2C3C(CC[C@@]21C)C1CCC(=O)C=C1C[C@H]3C. The Morgan fingerprint density at radius 1 is 1.25 bits per heavy atom. The van der Waals surface area contributed by atoms with Crippen molar-refractivity contribution in [2.45, 2.75) is 84.7 Å². The van der Waals surface area contributed by atoms with Crippen LogP contribution in [-0.2, 0) is 14.3 Å². The molecule has 0 aromatic carbocycles. The molecule has 0 radical (unpaired) electrons. The second-order valence-corrected chi connectivity index (χ2v) is 10.0. The first-order valence-electron chi connectivity index (χ1n) is 11.5. The number of carbonyl (C=O) groups excluding carboxylic acids is 2. The van der Waals surface area contributed by atoms with E-state index in [0.717, 1.165) is 51.4 Å². The van der Waals surface area contributed by atoms with E-state index in [2.05, 4.69) is 20.8 Å². The van der Waals surface area contributed by atoms with Crippen molar-refractivity contribution in [3.8, 4) is 0 Å². The molecule has 4 unspecified atom stereocenters. The summed E-state index contributed by atoms with van der Waals surface area (Å²) >= 11 is 0. The number of ether oxygens (including phenoxy) is 2. The Bertz CT molecular complexity index is 653. The van der Waals surface area contributed by atoms with Crippen LogP contribution >= 0.6 is 0 Å². The van der Waals surface area contributed by atoms with Crippen LogP contribution in [0.3, 0.4) is 0 Å². The largest absolute Gasteiger partial charge is 0.508 e. The highest BCUT2D eigenvalue weighted by atomic mass is 16.7. The van der Waals surface area contributed by atoms with Crippen LogP contribution in [0.25, 0.3) is 0 Å². The Morgan fingerprint density at radius 3 is 2.86 bits per heavy atom. The van der Waals surface area contributed by atoms with Gasteiger partial charge in [0.15, 0.2) is 5.78 Å². The topological polar surface area (TPSA) is 52.6 Å². The van der Waals surface area contributed by atoms with Gasteiger partial charge in [-0.1, -0.05) is 32.8 Å². The van der Waals surface area contributed by atoms with Crippen LogP contribution in [0.15, 0.2) is 11.6 Å². The van der Waals surface area contributed by atoms with Crippen molar-refractivity contribution >= 4 is 11.9 Å². The summed E-state index contributed by atoms with van der Waals surface area (Å²) in [6.45, 7) is 7.28. The van der Waals surface area contributed by atoms with Gasteiger partial charge in [-0.05, 0) is 80.6 Å². The van der Waals surface area contributed by atoms with E-state index in [0.29, 0.717) is 42.0 Å². The Balaban J connectivity index is 1.47. The van der Waals surface area contributed by atoms with Crippen LogP contribution in [0.5, 0.6) is 0 Å². The first-order chi connectivity index (χ1) is 13.4. The summed E-state index contributed by atoms with van der Waals surface area (Å²) in [4.78, 5) is 24.1. The van der Waals surface area contributed by atoms with E-state index in [4.69, 9.17) is 9.47 Å². The predicted molar refractivity (Wildman–Crippen MR) is 108 cm³/mol. The molecule has 7 atom stereocenters. The Labute approximate surface area is 169 Å². The number of fused-ring (bicyclic) bond motifs is 5. The molecule has 0 aromatic rings. The molecule has 4 aliphatic carbocycles. The van der Waals surface area contributed by atoms with Crippen LogP contribution in [0.2, 0.25) is 0 Å². The molecule has 156 valence electrons. The lowest BCUT2D eigenvalue weighted by atomic mass is 9.49. The molecule has 4 nitrogen and oxygen atoms in total. The van der Waals surface area contributed by atoms with Gasteiger partial charge in [0.25, 0.3) is 0 Å². The normalized spacial score (nSPS) is 42.1. The highest BCUT2D eigenvalue weighted by Gasteiger charge is 2.59. The highest BCUT2D eigenvalue weighted by molar-refractivity contribution is 5.91. The predicted octanol–water partition coefficient (Wildman–Crippen LogP) is 5.70. The monoisotopic (exact) mass is 388 g/mol. The molecule has 0 N–H and O–H groups in total. The third-order valence-electron chi connectivity index (χ3n) is 8.51. The number of unbranched alkanes of at least 4 members (excludes halogenated alkanes) is 1. The van der Waals surface area contributed by atoms with Crippen LogP contribution in [0.4, 0.5) is 4.79 Å². The number of allylic oxidation sites excluding steroid dienone is 1. The van der Waals surface area contributed by atoms with Crippen LogP contribution in [0.1, 0.15) is 78.6 Å². The zero-order chi connectivity index (χ0) is 19.9. The highest BCUT2D eigenvalue weighted by Crippen LogP contribution is 2.63. The van der Waals surface area contributed by atoms with Crippen molar-refractivity contribution in [1.29, 1.82) is 0 Å². The first kappa shape index (κ1) is 20.0. The van der Waals surface area contributed by atoms with Gasteiger partial charge in [-0.15, -0.1) is 0 Å². The van der Waals surface area contributed by atoms with Gasteiger partial charge in [0.1, 0.15) is 6.10 Å². The summed E-state index contributed by atoms with van der Waals surface area (Å²) in [5.74, 6) is 3.57. The zero-order valence-electron chi connectivity index (χ0n) is 17.7. The lowest BCUT2D eigenvalue weighted by Gasteiger charge is -2.55. The maximum atomic E-state index is 12.2. The van der Waals surface area contributed by atoms with Crippen molar-refractivity contribution < 1.29 is 19.1 Å². The molecule has 0 amide bonds. The Hall–Kier alpha value is -1.32. The van der Waals surface area contributed by atoms with Crippen molar-refractivity contribution in [2.75, 3.05) is 6.61 Å². The van der Waals surface area contributed by atoms with Gasteiger partial charge in [0.05, 0.1) is 6.61 Å². The van der Waals surface area contributed by atoms with Crippen molar-refractivity contribution in [3.63, 3.8) is 0 Å². The van der Waals surface area contributed by atoms with Gasteiger partial charge in [0.2, 0.25) is 0 Å². The summed E-state index contributed by atoms with van der Waals surface area (Å²) in [6, 6.07) is 0. The molecular formula is C24H36O4. The van der Waals surface area contributed by atoms with Gasteiger partial charge in [-0.2, -0.15) is 0 Å². The first-order valence-corrected chi connectivity index (χ1v) is 11.5. The summed E-state index contributed by atoms with van der Waals surface area (Å²) < 4.78 is 11.1. The minimum absolute atomic E-state index is 0.00958. The number of rotatable bonds is 4. The standard InChI is InChI=1S/C24H36O4/c1-4-5-12-27-23(26)28-21-9-8-20-22-15(2)13-16-14-17(25)6-7-18(16)19(22)10-11-24(20,21)3/h14-15,18-22H,4-13H2,1-3H3/t15-,18?,19?,20?,21+,22?,24+/m1/s1. The molecule has 0 aliphatic heterocycles. The van der Waals surface area contributed by atoms with Crippen molar-refractivity contribution in [1.82, 2.24) is 0 Å². The molecule has 0 saturated heterocycles. The van der Waals surface area contributed by atoms with Crippen LogP contribution in [-0.4, -0.2) is 24.6 Å². The molecule has 28 heavy (non-hydrogen) atoms. The summed E-state index contributed by atoms with van der Waals surface area (Å²) in [7, 11) is 0. The van der Waals surface area contributed by atoms with E-state index in [1.54, 1.807) is 0 Å². The molecule has 0 heterocycles. The number of hydrogen-bond donors (Lipinski definition) is 0. The smallest absolute Gasteiger partial charge is 0.434 e. The Morgan fingerprint density at radius 2 is 2.07 bits per heavy atom. The molecule has 4 heteroatoms. The van der Waals surface area contributed by atoms with Gasteiger partial charge in [-0.3, -0.25) is 4.79 Å². The average molecular weight is 389 g/mol. The summed E-state index contributed by atoms with van der Waals surface area (Å²) in [6.07, 6.45) is 10.7. The maximum absolute atomic E-state index is 12.2. The Kier molecular flexibility index (Phi) is 5.59. The molecule has 4 aliphatic rings. The van der Waals surface area contributed by atoms with Crippen molar-refractivity contribution in [2.24, 2.45) is 35.0 Å². The van der Waals surface area contributed by atoms with E-state index >= 15 is 0 Å². The summed E-state index contributed by atoms with van der Waals surface area (Å²) in [5.41, 5.74) is 1.50. The van der Waals surface area contributed by atoms with Gasteiger partial charge in [0, 0.05) is 11.8 Å². The van der Waals surface area contributed by atoms with Crippen LogP contribution in [0, 0.1) is 35.0 Å². The zero-order valence-corrected chi connectivity index (χ0v) is 17.7. The molecule has 0 aromatic heterocycles. The second kappa shape index (κ2) is 7.84. The molecule has 0 bridgehead atoms. The fourth-order valence-corrected chi connectivity index (χ4v) is 7.18. The van der Waals surface area contributed by atoms with E-state index in [1.165, 1.54) is 12.0 Å². The van der Waals surface area contributed by atoms with E-state index in [-0.39, 0.29) is 11.5 Å². The fourth-order valence-electron chi connectivity index (χ4n) is 7.18. The van der Waals surface area contributed by atoms with E-state index in [1.807, 2.05) is 6.08 Å². The van der Waals surface area contributed by atoms with Crippen LogP contribution < -0.4 is 0 Å². The number of carbonyl (C=O) groups is 2. The van der Waals surface area contributed by atoms with Gasteiger partial charge in [-0.25, -0.2) is 4.79 Å². The van der Waals surface area contributed by atoms with E-state index < -0.39 is 6.16 Å². The van der Waals surface area contributed by atoms with Gasteiger partial charge < -0.3 is 9.47 Å². The minimum atomic E-state index is -0.477. The van der Waals surface area contributed by atoms with E-state index in [9.17, 15) is 9.59 Å². The number of hydrogen-bond acceptors (Lipinski definition) is 4. The third kappa shape index (κ3) is 3.41. The molecule has 4 rings (SSSR count). The molecular weight excluding hydrogens is 352 g/mol. The average Bonchev–Trinajstić information content (AvgIpc) is 2.98. The second-order valence-electron chi connectivity index (χ2n) is 10.0. The van der Waals surface area contributed by atoms with Crippen molar-refractivity contribution in [3.05, 3.63) is 11.6 Å². The lowest BCUT2D eigenvalue weighted by molar-refractivity contribution is -0.116. The molecule has 0 spiro atoms. The third-order valence-corrected chi connectivity index (χ3v) is 8.51. The maximum Gasteiger partial charge on any atom is 0.508 e. The summed E-state index contributed by atoms with van der Waals surface area (Å²) in [5, 5.41) is 0. The lowest BCUT2D eigenvalue weighted by Crippen LogP contribution is -2.50.